The standard InChI is InChI=1S/C19H35N7O/c1-5-16-15(17(6-2)25(4)24-16)12-22-19(21-7-3)23-14-8-10-26(11-9-14)13-18(20)27/h14H,5-13H2,1-4H3,(H2,20,27)(H2,21,22,23). The fourth-order valence-electron chi connectivity index (χ4n) is 3.70. The number of nitrogens with zero attached hydrogens (tertiary/aromatic N) is 4. The van der Waals surface area contributed by atoms with Gasteiger partial charge in [-0.1, -0.05) is 13.8 Å². The summed E-state index contributed by atoms with van der Waals surface area (Å²) in [5.41, 5.74) is 8.92. The van der Waals surface area contributed by atoms with Gasteiger partial charge in [0.25, 0.3) is 0 Å². The van der Waals surface area contributed by atoms with Crippen LogP contribution < -0.4 is 16.4 Å². The van der Waals surface area contributed by atoms with Gasteiger partial charge in [-0.15, -0.1) is 0 Å². The maximum absolute atomic E-state index is 11.1. The smallest absolute Gasteiger partial charge is 0.231 e. The molecule has 0 aliphatic carbocycles. The molecule has 1 aromatic heterocycles. The van der Waals surface area contributed by atoms with Crippen LogP contribution in [0.5, 0.6) is 0 Å². The highest BCUT2D eigenvalue weighted by molar-refractivity contribution is 5.80. The number of primary amides is 1. The number of aliphatic imine (C=N–C) groups is 1. The van der Waals surface area contributed by atoms with Crippen molar-refractivity contribution in [1.29, 1.82) is 0 Å². The molecule has 4 N–H and O–H groups in total. The number of aryl methyl sites for hydroxylation is 2. The van der Waals surface area contributed by atoms with Gasteiger partial charge in [0.15, 0.2) is 5.96 Å². The second kappa shape index (κ2) is 10.3. The number of hydrogen-bond donors (Lipinski definition) is 3. The molecule has 0 saturated carbocycles. The summed E-state index contributed by atoms with van der Waals surface area (Å²) < 4.78 is 1.98. The Morgan fingerprint density at radius 2 is 1.96 bits per heavy atom. The van der Waals surface area contributed by atoms with Gasteiger partial charge in [-0.2, -0.15) is 5.10 Å². The molecule has 1 saturated heterocycles. The quantitative estimate of drug-likeness (QED) is 0.454. The molecule has 1 aliphatic rings. The minimum atomic E-state index is -0.258. The van der Waals surface area contributed by atoms with Gasteiger partial charge in [-0.3, -0.25) is 14.4 Å². The second-order valence-corrected chi connectivity index (χ2v) is 7.06. The van der Waals surface area contributed by atoms with Gasteiger partial charge in [0.2, 0.25) is 5.91 Å². The van der Waals surface area contributed by atoms with Crippen LogP contribution in [0.25, 0.3) is 0 Å². The van der Waals surface area contributed by atoms with Gasteiger partial charge in [-0.25, -0.2) is 4.99 Å². The SMILES string of the molecule is CCNC(=NCc1c(CC)nn(C)c1CC)NC1CCN(CC(N)=O)CC1. The number of rotatable bonds is 8. The summed E-state index contributed by atoms with van der Waals surface area (Å²) >= 11 is 0. The molecule has 0 radical (unpaired) electrons. The van der Waals surface area contributed by atoms with Crippen LogP contribution in [0, 0.1) is 0 Å². The number of aromatic nitrogens is 2. The zero-order valence-electron chi connectivity index (χ0n) is 17.2. The Morgan fingerprint density at radius 1 is 1.26 bits per heavy atom. The van der Waals surface area contributed by atoms with E-state index in [1.54, 1.807) is 0 Å². The van der Waals surface area contributed by atoms with E-state index in [2.05, 4.69) is 41.4 Å². The van der Waals surface area contributed by atoms with Crippen LogP contribution in [-0.2, 0) is 31.2 Å². The molecule has 8 nitrogen and oxygen atoms in total. The fraction of sp³-hybridized carbons (Fsp3) is 0.737. The van der Waals surface area contributed by atoms with Crippen LogP contribution in [0.1, 0.15) is 50.6 Å². The number of likely N-dealkylation sites (tertiary alicyclic amines) is 1. The van der Waals surface area contributed by atoms with Crippen LogP contribution in [-0.4, -0.2) is 58.8 Å². The van der Waals surface area contributed by atoms with Crippen molar-refractivity contribution >= 4 is 11.9 Å². The van der Waals surface area contributed by atoms with E-state index in [-0.39, 0.29) is 5.91 Å². The molecule has 0 bridgehead atoms. The Morgan fingerprint density at radius 3 is 2.52 bits per heavy atom. The monoisotopic (exact) mass is 377 g/mol. The third-order valence-corrected chi connectivity index (χ3v) is 5.08. The van der Waals surface area contributed by atoms with Gasteiger partial charge in [0.1, 0.15) is 0 Å². The van der Waals surface area contributed by atoms with E-state index in [1.165, 1.54) is 11.3 Å². The van der Waals surface area contributed by atoms with Gasteiger partial charge < -0.3 is 16.4 Å². The molecular weight excluding hydrogens is 342 g/mol. The van der Waals surface area contributed by atoms with Gasteiger partial charge >= 0.3 is 0 Å². The van der Waals surface area contributed by atoms with Crippen molar-refractivity contribution in [3.63, 3.8) is 0 Å². The number of nitrogens with one attached hydrogen (secondary N) is 2. The van der Waals surface area contributed by atoms with Crippen LogP contribution in [0.15, 0.2) is 4.99 Å². The first kappa shape index (κ1) is 21.2. The molecule has 8 heteroatoms. The first-order valence-corrected chi connectivity index (χ1v) is 10.1. The number of carbonyl (C=O) groups is 1. The highest BCUT2D eigenvalue weighted by Gasteiger charge is 2.21. The fourth-order valence-corrected chi connectivity index (χ4v) is 3.70. The van der Waals surface area contributed by atoms with E-state index in [1.807, 2.05) is 11.7 Å². The van der Waals surface area contributed by atoms with Crippen molar-refractivity contribution in [3.05, 3.63) is 17.0 Å². The van der Waals surface area contributed by atoms with Crippen molar-refractivity contribution in [2.24, 2.45) is 17.8 Å². The van der Waals surface area contributed by atoms with Crippen LogP contribution in [0.4, 0.5) is 0 Å². The first-order chi connectivity index (χ1) is 13.0. The Hall–Kier alpha value is -2.09. The van der Waals surface area contributed by atoms with Crippen molar-refractivity contribution in [1.82, 2.24) is 25.3 Å². The number of hydrogen-bond acceptors (Lipinski definition) is 4. The van der Waals surface area contributed by atoms with Gasteiger partial charge in [-0.05, 0) is 32.6 Å². The van der Waals surface area contributed by atoms with Crippen molar-refractivity contribution < 1.29 is 4.79 Å². The minimum Gasteiger partial charge on any atom is -0.369 e. The Balaban J connectivity index is 2.00. The number of carbonyl (C=O) groups excluding carboxylic acids is 1. The largest absolute Gasteiger partial charge is 0.369 e. The molecule has 1 fully saturated rings. The lowest BCUT2D eigenvalue weighted by Crippen LogP contribution is -2.49. The molecule has 1 amide bonds. The molecule has 0 atom stereocenters. The van der Waals surface area contributed by atoms with Crippen molar-refractivity contribution in [2.45, 2.75) is 59.0 Å². The number of nitrogens with two attached hydrogens (primary N) is 1. The molecule has 0 unspecified atom stereocenters. The van der Waals surface area contributed by atoms with E-state index in [9.17, 15) is 4.79 Å². The molecule has 27 heavy (non-hydrogen) atoms. The lowest BCUT2D eigenvalue weighted by Gasteiger charge is -2.32. The lowest BCUT2D eigenvalue weighted by atomic mass is 10.1. The predicted octanol–water partition coefficient (Wildman–Crippen LogP) is 0.550. The van der Waals surface area contributed by atoms with Crippen LogP contribution >= 0.6 is 0 Å². The number of piperidine rings is 1. The zero-order chi connectivity index (χ0) is 19.8. The topological polar surface area (TPSA) is 101 Å². The normalized spacial score (nSPS) is 16.5. The lowest BCUT2D eigenvalue weighted by molar-refractivity contribution is -0.119. The highest BCUT2D eigenvalue weighted by atomic mass is 16.1. The molecule has 0 spiro atoms. The maximum Gasteiger partial charge on any atom is 0.231 e. The Bertz CT molecular complexity index is 645. The van der Waals surface area contributed by atoms with E-state index in [0.29, 0.717) is 19.1 Å². The van der Waals surface area contributed by atoms with Gasteiger partial charge in [0, 0.05) is 44.0 Å². The second-order valence-electron chi connectivity index (χ2n) is 7.06. The molecule has 2 heterocycles. The molecule has 0 aromatic carbocycles. The van der Waals surface area contributed by atoms with Gasteiger partial charge in [0.05, 0.1) is 18.8 Å². The summed E-state index contributed by atoms with van der Waals surface area (Å²) in [6, 6.07) is 0.358. The van der Waals surface area contributed by atoms with Crippen molar-refractivity contribution in [2.75, 3.05) is 26.2 Å². The average Bonchev–Trinajstić information content (AvgIpc) is 2.95. The summed E-state index contributed by atoms with van der Waals surface area (Å²) in [4.78, 5) is 18.0. The van der Waals surface area contributed by atoms with Crippen LogP contribution in [0.3, 0.4) is 0 Å². The zero-order valence-corrected chi connectivity index (χ0v) is 17.2. The predicted molar refractivity (Wildman–Crippen MR) is 109 cm³/mol. The summed E-state index contributed by atoms with van der Waals surface area (Å²) in [5, 5.41) is 11.5. The summed E-state index contributed by atoms with van der Waals surface area (Å²) in [6.07, 6.45) is 3.83. The summed E-state index contributed by atoms with van der Waals surface area (Å²) in [5.74, 6) is 0.588. The first-order valence-electron chi connectivity index (χ1n) is 10.1. The van der Waals surface area contributed by atoms with Crippen molar-refractivity contribution in [3.8, 4) is 0 Å². The highest BCUT2D eigenvalue weighted by Crippen LogP contribution is 2.17. The summed E-state index contributed by atoms with van der Waals surface area (Å²) in [7, 11) is 2.01. The minimum absolute atomic E-state index is 0.258. The molecule has 1 aromatic rings. The third-order valence-electron chi connectivity index (χ3n) is 5.08. The summed E-state index contributed by atoms with van der Waals surface area (Å²) in [6.45, 7) is 9.93. The third kappa shape index (κ3) is 5.95. The average molecular weight is 378 g/mol. The number of amides is 1. The maximum atomic E-state index is 11.1. The van der Waals surface area contributed by atoms with E-state index in [4.69, 9.17) is 10.7 Å². The molecule has 2 rings (SSSR count). The molecular formula is C19H35N7O. The van der Waals surface area contributed by atoms with E-state index in [0.717, 1.165) is 57.0 Å². The van der Waals surface area contributed by atoms with E-state index >= 15 is 0 Å². The number of guanidine groups is 1. The molecule has 152 valence electrons. The molecule has 1 aliphatic heterocycles. The van der Waals surface area contributed by atoms with E-state index < -0.39 is 0 Å². The van der Waals surface area contributed by atoms with Crippen LogP contribution in [0.2, 0.25) is 0 Å². The Labute approximate surface area is 162 Å². The Kier molecular flexibility index (Phi) is 8.09.